The third-order valence-electron chi connectivity index (χ3n) is 4.09. The topological polar surface area (TPSA) is 84.9 Å². The van der Waals surface area contributed by atoms with Gasteiger partial charge in [0, 0.05) is 12.1 Å². The van der Waals surface area contributed by atoms with E-state index in [9.17, 15) is 14.7 Å². The Morgan fingerprint density at radius 3 is 2.41 bits per heavy atom. The first-order chi connectivity index (χ1) is 13.1. The molecule has 0 aliphatic carbocycles. The van der Waals surface area contributed by atoms with E-state index >= 15 is 0 Å². The standard InChI is InChI=1S/C21H19NO5/c1-26-19-9-5-4-8-16(19)12-22-20(24)13-27-21(25)17-10-14-6-2-3-7-15(14)11-18(17)23/h2-11,23H,12-13H2,1H3,(H,22,24). The first kappa shape index (κ1) is 18.3. The predicted molar refractivity (Wildman–Crippen MR) is 101 cm³/mol. The van der Waals surface area contributed by atoms with Crippen LogP contribution in [0.1, 0.15) is 15.9 Å². The van der Waals surface area contributed by atoms with Gasteiger partial charge in [0.2, 0.25) is 0 Å². The molecule has 0 aliphatic rings. The van der Waals surface area contributed by atoms with Crippen LogP contribution in [0.15, 0.2) is 60.7 Å². The second-order valence-corrected chi connectivity index (χ2v) is 5.88. The molecule has 0 unspecified atom stereocenters. The van der Waals surface area contributed by atoms with Crippen molar-refractivity contribution in [3.8, 4) is 11.5 Å². The van der Waals surface area contributed by atoms with Crippen molar-refractivity contribution in [1.29, 1.82) is 0 Å². The summed E-state index contributed by atoms with van der Waals surface area (Å²) in [4.78, 5) is 24.2. The third-order valence-corrected chi connectivity index (χ3v) is 4.09. The van der Waals surface area contributed by atoms with Crippen LogP contribution in [-0.4, -0.2) is 30.7 Å². The summed E-state index contributed by atoms with van der Waals surface area (Å²) < 4.78 is 10.2. The molecule has 6 nitrogen and oxygen atoms in total. The predicted octanol–water partition coefficient (Wildman–Crippen LogP) is 3.03. The number of aromatic hydroxyl groups is 1. The summed E-state index contributed by atoms with van der Waals surface area (Å²) >= 11 is 0. The van der Waals surface area contributed by atoms with Gasteiger partial charge in [0.25, 0.3) is 5.91 Å². The van der Waals surface area contributed by atoms with Crippen LogP contribution >= 0.6 is 0 Å². The lowest BCUT2D eigenvalue weighted by atomic mass is 10.1. The van der Waals surface area contributed by atoms with E-state index < -0.39 is 18.5 Å². The Balaban J connectivity index is 1.59. The fourth-order valence-electron chi connectivity index (χ4n) is 2.69. The Labute approximate surface area is 156 Å². The summed E-state index contributed by atoms with van der Waals surface area (Å²) in [6.07, 6.45) is 0. The van der Waals surface area contributed by atoms with Crippen LogP contribution in [0.4, 0.5) is 0 Å². The van der Waals surface area contributed by atoms with Crippen molar-refractivity contribution in [2.75, 3.05) is 13.7 Å². The smallest absolute Gasteiger partial charge is 0.342 e. The Kier molecular flexibility index (Phi) is 5.56. The monoisotopic (exact) mass is 365 g/mol. The quantitative estimate of drug-likeness (QED) is 0.656. The lowest BCUT2D eigenvalue weighted by Crippen LogP contribution is -2.28. The average Bonchev–Trinajstić information content (AvgIpc) is 2.70. The van der Waals surface area contributed by atoms with Crippen molar-refractivity contribution in [3.63, 3.8) is 0 Å². The van der Waals surface area contributed by atoms with Gasteiger partial charge in [-0.05, 0) is 29.0 Å². The molecular formula is C21H19NO5. The Bertz CT molecular complexity index is 983. The van der Waals surface area contributed by atoms with E-state index in [0.717, 1.165) is 16.3 Å². The van der Waals surface area contributed by atoms with Crippen molar-refractivity contribution in [1.82, 2.24) is 5.32 Å². The molecule has 0 aliphatic heterocycles. The van der Waals surface area contributed by atoms with E-state index in [2.05, 4.69) is 5.32 Å². The van der Waals surface area contributed by atoms with Gasteiger partial charge in [-0.25, -0.2) is 4.79 Å². The Morgan fingerprint density at radius 1 is 1.00 bits per heavy atom. The minimum absolute atomic E-state index is 0.0197. The van der Waals surface area contributed by atoms with Crippen LogP contribution in [0.2, 0.25) is 0 Å². The maximum atomic E-state index is 12.2. The molecule has 3 aromatic rings. The number of hydrogen-bond acceptors (Lipinski definition) is 5. The summed E-state index contributed by atoms with van der Waals surface area (Å²) in [6, 6.07) is 17.7. The summed E-state index contributed by atoms with van der Waals surface area (Å²) in [6.45, 7) is -0.193. The molecule has 1 amide bonds. The zero-order chi connectivity index (χ0) is 19.2. The van der Waals surface area contributed by atoms with Gasteiger partial charge in [-0.3, -0.25) is 4.79 Å². The highest BCUT2D eigenvalue weighted by Crippen LogP contribution is 2.25. The molecule has 138 valence electrons. The number of carbonyl (C=O) groups is 2. The number of nitrogens with one attached hydrogen (secondary N) is 1. The molecule has 0 atom stereocenters. The van der Waals surface area contributed by atoms with Crippen molar-refractivity contribution in [2.24, 2.45) is 0 Å². The number of para-hydroxylation sites is 1. The number of rotatable bonds is 6. The van der Waals surface area contributed by atoms with Gasteiger partial charge < -0.3 is 19.9 Å². The van der Waals surface area contributed by atoms with Crippen LogP contribution in [0, 0.1) is 0 Å². The molecule has 3 aromatic carbocycles. The van der Waals surface area contributed by atoms with Gasteiger partial charge in [-0.15, -0.1) is 0 Å². The lowest BCUT2D eigenvalue weighted by Gasteiger charge is -2.10. The minimum atomic E-state index is -0.759. The summed E-state index contributed by atoms with van der Waals surface area (Å²) in [5.41, 5.74) is 0.832. The van der Waals surface area contributed by atoms with Crippen LogP contribution in [-0.2, 0) is 16.1 Å². The molecule has 0 aromatic heterocycles. The first-order valence-electron chi connectivity index (χ1n) is 8.36. The molecule has 27 heavy (non-hydrogen) atoms. The SMILES string of the molecule is COc1ccccc1CNC(=O)COC(=O)c1cc2ccccc2cc1O. The van der Waals surface area contributed by atoms with Crippen LogP contribution < -0.4 is 10.1 Å². The largest absolute Gasteiger partial charge is 0.507 e. The number of ether oxygens (including phenoxy) is 2. The molecular weight excluding hydrogens is 346 g/mol. The van der Waals surface area contributed by atoms with E-state index in [-0.39, 0.29) is 17.9 Å². The third kappa shape index (κ3) is 4.36. The van der Waals surface area contributed by atoms with Gasteiger partial charge in [0.15, 0.2) is 6.61 Å². The van der Waals surface area contributed by atoms with Gasteiger partial charge >= 0.3 is 5.97 Å². The molecule has 2 N–H and O–H groups in total. The van der Waals surface area contributed by atoms with E-state index in [1.165, 1.54) is 6.07 Å². The van der Waals surface area contributed by atoms with Gasteiger partial charge in [0.1, 0.15) is 17.1 Å². The first-order valence-corrected chi connectivity index (χ1v) is 8.36. The van der Waals surface area contributed by atoms with Gasteiger partial charge in [0.05, 0.1) is 7.11 Å². The lowest BCUT2D eigenvalue weighted by molar-refractivity contribution is -0.124. The van der Waals surface area contributed by atoms with E-state index in [1.54, 1.807) is 19.2 Å². The zero-order valence-electron chi connectivity index (χ0n) is 14.8. The maximum absolute atomic E-state index is 12.2. The fourth-order valence-corrected chi connectivity index (χ4v) is 2.69. The normalized spacial score (nSPS) is 10.4. The highest BCUT2D eigenvalue weighted by atomic mass is 16.5. The van der Waals surface area contributed by atoms with Crippen molar-refractivity contribution in [3.05, 3.63) is 71.8 Å². The average molecular weight is 365 g/mol. The molecule has 0 radical (unpaired) electrons. The maximum Gasteiger partial charge on any atom is 0.342 e. The number of benzene rings is 3. The molecule has 0 spiro atoms. The second kappa shape index (κ2) is 8.23. The molecule has 0 bridgehead atoms. The van der Waals surface area contributed by atoms with Crippen molar-refractivity contribution < 1.29 is 24.2 Å². The fraction of sp³-hybridized carbons (Fsp3) is 0.143. The van der Waals surface area contributed by atoms with Crippen LogP contribution in [0.5, 0.6) is 11.5 Å². The molecule has 0 saturated heterocycles. The number of hydrogen-bond donors (Lipinski definition) is 2. The van der Waals surface area contributed by atoms with Crippen molar-refractivity contribution in [2.45, 2.75) is 6.54 Å². The van der Waals surface area contributed by atoms with E-state index in [4.69, 9.17) is 9.47 Å². The number of amides is 1. The molecule has 6 heteroatoms. The Hall–Kier alpha value is -3.54. The summed E-state index contributed by atoms with van der Waals surface area (Å²) in [5.74, 6) is -0.732. The van der Waals surface area contributed by atoms with Crippen molar-refractivity contribution >= 4 is 22.6 Å². The Morgan fingerprint density at radius 2 is 1.67 bits per heavy atom. The minimum Gasteiger partial charge on any atom is -0.507 e. The number of phenolic OH excluding ortho intramolecular Hbond substituents is 1. The molecule has 0 saturated carbocycles. The summed E-state index contributed by atoms with van der Waals surface area (Å²) in [5, 5.41) is 14.3. The number of esters is 1. The van der Waals surface area contributed by atoms with Gasteiger partial charge in [-0.1, -0.05) is 42.5 Å². The highest BCUT2D eigenvalue weighted by Gasteiger charge is 2.15. The highest BCUT2D eigenvalue weighted by molar-refractivity contribution is 5.99. The number of carbonyl (C=O) groups excluding carboxylic acids is 2. The number of methoxy groups -OCH3 is 1. The van der Waals surface area contributed by atoms with Crippen LogP contribution in [0.3, 0.4) is 0 Å². The summed E-state index contributed by atoms with van der Waals surface area (Å²) in [7, 11) is 1.55. The van der Waals surface area contributed by atoms with E-state index in [0.29, 0.717) is 5.75 Å². The van der Waals surface area contributed by atoms with Gasteiger partial charge in [-0.2, -0.15) is 0 Å². The number of phenols is 1. The van der Waals surface area contributed by atoms with Crippen LogP contribution in [0.25, 0.3) is 10.8 Å². The number of fused-ring (bicyclic) bond motifs is 1. The molecule has 0 fully saturated rings. The van der Waals surface area contributed by atoms with E-state index in [1.807, 2.05) is 42.5 Å². The molecule has 0 heterocycles. The second-order valence-electron chi connectivity index (χ2n) is 5.88. The zero-order valence-corrected chi connectivity index (χ0v) is 14.8. The molecule has 3 rings (SSSR count).